The number of carbonyl (C=O) groups is 4. The van der Waals surface area contributed by atoms with E-state index in [0.29, 0.717) is 16.8 Å². The summed E-state index contributed by atoms with van der Waals surface area (Å²) in [5, 5.41) is 2.75. The highest BCUT2D eigenvalue weighted by atomic mass is 16.5. The Morgan fingerprint density at radius 3 is 2.03 bits per heavy atom. The molecule has 0 aliphatic rings. The number of amides is 1. The van der Waals surface area contributed by atoms with Gasteiger partial charge in [0.1, 0.15) is 0 Å². The summed E-state index contributed by atoms with van der Waals surface area (Å²) in [5.74, 6) is -1.35. The maximum Gasteiger partial charge on any atom is 0.306 e. The molecule has 1 amide bonds. The Balaban J connectivity index is 1.87. The lowest BCUT2D eigenvalue weighted by Gasteiger charge is -2.13. The second kappa shape index (κ2) is 10.7. The molecule has 0 aliphatic carbocycles. The monoisotopic (exact) mass is 423 g/mol. The molecule has 0 radical (unpaired) electrons. The Labute approximate surface area is 183 Å². The number of benzene rings is 2. The average Bonchev–Trinajstić information content (AvgIpc) is 2.73. The topological polar surface area (TPSA) is 89.5 Å². The van der Waals surface area contributed by atoms with Crippen molar-refractivity contribution in [2.24, 2.45) is 5.92 Å². The molecule has 0 aliphatic heterocycles. The van der Waals surface area contributed by atoms with E-state index in [1.54, 1.807) is 44.2 Å². The summed E-state index contributed by atoms with van der Waals surface area (Å²) >= 11 is 0. The van der Waals surface area contributed by atoms with Gasteiger partial charge in [0, 0.05) is 29.2 Å². The highest BCUT2D eigenvalue weighted by Gasteiger charge is 2.20. The molecule has 0 unspecified atom stereocenters. The van der Waals surface area contributed by atoms with Gasteiger partial charge in [0.2, 0.25) is 11.7 Å². The van der Waals surface area contributed by atoms with Crippen molar-refractivity contribution in [2.45, 2.75) is 53.6 Å². The third-order valence-electron chi connectivity index (χ3n) is 5.02. The molecule has 6 nitrogen and oxygen atoms in total. The van der Waals surface area contributed by atoms with Gasteiger partial charge in [-0.3, -0.25) is 19.2 Å². The van der Waals surface area contributed by atoms with Crippen molar-refractivity contribution in [2.75, 3.05) is 5.32 Å². The van der Waals surface area contributed by atoms with Crippen molar-refractivity contribution in [3.05, 3.63) is 64.7 Å². The van der Waals surface area contributed by atoms with Crippen molar-refractivity contribution < 1.29 is 23.9 Å². The van der Waals surface area contributed by atoms with Gasteiger partial charge in [-0.25, -0.2) is 0 Å². The van der Waals surface area contributed by atoms with E-state index in [9.17, 15) is 19.2 Å². The first-order valence-corrected chi connectivity index (χ1v) is 10.3. The molecule has 6 heteroatoms. The van der Waals surface area contributed by atoms with Crippen molar-refractivity contribution in [3.63, 3.8) is 0 Å². The van der Waals surface area contributed by atoms with Crippen molar-refractivity contribution in [1.82, 2.24) is 0 Å². The second-order valence-electron chi connectivity index (χ2n) is 7.94. The fourth-order valence-electron chi connectivity index (χ4n) is 2.82. The van der Waals surface area contributed by atoms with E-state index in [1.165, 1.54) is 6.92 Å². The minimum Gasteiger partial charge on any atom is -0.454 e. The molecule has 1 N–H and O–H groups in total. The number of ketones is 2. The molecule has 164 valence electrons. The Kier molecular flexibility index (Phi) is 8.25. The van der Waals surface area contributed by atoms with Crippen LogP contribution in [0.25, 0.3) is 0 Å². The summed E-state index contributed by atoms with van der Waals surface area (Å²) in [6.45, 7) is 8.98. The van der Waals surface area contributed by atoms with Crippen LogP contribution in [0, 0.1) is 19.8 Å². The first-order chi connectivity index (χ1) is 14.6. The molecular weight excluding hydrogens is 394 g/mol. The van der Waals surface area contributed by atoms with E-state index in [4.69, 9.17) is 4.74 Å². The molecule has 2 aromatic rings. The largest absolute Gasteiger partial charge is 0.454 e. The fourth-order valence-corrected chi connectivity index (χ4v) is 2.82. The van der Waals surface area contributed by atoms with Gasteiger partial charge in [-0.2, -0.15) is 0 Å². The van der Waals surface area contributed by atoms with Crippen LogP contribution in [0.1, 0.15) is 65.5 Å². The number of esters is 1. The van der Waals surface area contributed by atoms with Crippen molar-refractivity contribution >= 4 is 29.1 Å². The molecule has 0 spiro atoms. The predicted molar refractivity (Wildman–Crippen MR) is 119 cm³/mol. The predicted octanol–water partition coefficient (Wildman–Crippen LogP) is 4.68. The molecule has 0 bridgehead atoms. The van der Waals surface area contributed by atoms with Crippen LogP contribution in [0.5, 0.6) is 0 Å². The fraction of sp³-hybridized carbons (Fsp3) is 0.360. The normalized spacial score (nSPS) is 11.7. The summed E-state index contributed by atoms with van der Waals surface area (Å²) in [5.41, 5.74) is 3.63. The Morgan fingerprint density at radius 2 is 1.45 bits per heavy atom. The molecule has 2 aromatic carbocycles. The SMILES string of the molecule is Cc1ccc(C(=O)CCC(=O)O[C@@H](C)C(=O)c2ccc(NC(=O)C(C)C)cc2)cc1C. The maximum absolute atomic E-state index is 12.5. The van der Waals surface area contributed by atoms with Crippen molar-refractivity contribution in [3.8, 4) is 0 Å². The number of rotatable bonds is 9. The van der Waals surface area contributed by atoms with Crippen LogP contribution < -0.4 is 5.32 Å². The number of ether oxygens (including phenoxy) is 1. The average molecular weight is 424 g/mol. The second-order valence-corrected chi connectivity index (χ2v) is 7.94. The van der Waals surface area contributed by atoms with Crippen LogP contribution in [-0.2, 0) is 14.3 Å². The summed E-state index contributed by atoms with van der Waals surface area (Å²) in [6.07, 6.45) is -1.05. The number of anilines is 1. The van der Waals surface area contributed by atoms with Crippen LogP contribution in [0.2, 0.25) is 0 Å². The number of hydrogen-bond donors (Lipinski definition) is 1. The first kappa shape index (κ1) is 24.0. The highest BCUT2D eigenvalue weighted by molar-refractivity contribution is 6.01. The van der Waals surface area contributed by atoms with Crippen molar-refractivity contribution in [1.29, 1.82) is 0 Å². The molecule has 0 saturated carbocycles. The zero-order valence-electron chi connectivity index (χ0n) is 18.7. The summed E-state index contributed by atoms with van der Waals surface area (Å²) < 4.78 is 5.21. The minimum atomic E-state index is -0.972. The van der Waals surface area contributed by atoms with E-state index >= 15 is 0 Å². The molecular formula is C25H29NO5. The molecule has 2 rings (SSSR count). The van der Waals surface area contributed by atoms with E-state index in [2.05, 4.69) is 5.32 Å². The Hall–Kier alpha value is -3.28. The third-order valence-corrected chi connectivity index (χ3v) is 5.02. The molecule has 0 fully saturated rings. The van der Waals surface area contributed by atoms with Gasteiger partial charge in [0.25, 0.3) is 0 Å². The van der Waals surface area contributed by atoms with E-state index < -0.39 is 12.1 Å². The summed E-state index contributed by atoms with van der Waals surface area (Å²) in [4.78, 5) is 48.7. The highest BCUT2D eigenvalue weighted by Crippen LogP contribution is 2.15. The van der Waals surface area contributed by atoms with E-state index in [1.807, 2.05) is 26.0 Å². The number of Topliss-reactive ketones (excluding diaryl/α,β-unsaturated/α-hetero) is 2. The molecule has 0 saturated heterocycles. The van der Waals surface area contributed by atoms with Gasteiger partial charge in [-0.1, -0.05) is 26.0 Å². The lowest BCUT2D eigenvalue weighted by molar-refractivity contribution is -0.146. The lowest BCUT2D eigenvalue weighted by Crippen LogP contribution is -2.24. The standard InChI is InChI=1S/C25H29NO5/c1-15(2)25(30)26-21-10-8-19(9-11-21)24(29)18(5)31-23(28)13-12-22(27)20-7-6-16(3)17(4)14-20/h6-11,14-15,18H,12-13H2,1-5H3,(H,26,30)/t18-/m0/s1. The van der Waals surface area contributed by atoms with E-state index in [0.717, 1.165) is 11.1 Å². The Bertz CT molecular complexity index is 976. The molecule has 1 atom stereocenters. The third kappa shape index (κ3) is 6.88. The van der Waals surface area contributed by atoms with Gasteiger partial charge in [0.05, 0.1) is 6.42 Å². The number of carbonyl (C=O) groups excluding carboxylic acids is 4. The van der Waals surface area contributed by atoms with Gasteiger partial charge < -0.3 is 10.1 Å². The zero-order chi connectivity index (χ0) is 23.1. The van der Waals surface area contributed by atoms with Gasteiger partial charge in [-0.15, -0.1) is 0 Å². The van der Waals surface area contributed by atoms with Crippen LogP contribution in [-0.4, -0.2) is 29.5 Å². The van der Waals surface area contributed by atoms with Gasteiger partial charge in [0.15, 0.2) is 11.9 Å². The molecule has 0 heterocycles. The lowest BCUT2D eigenvalue weighted by atomic mass is 10.0. The number of aryl methyl sites for hydroxylation is 2. The summed E-state index contributed by atoms with van der Waals surface area (Å²) in [7, 11) is 0. The smallest absolute Gasteiger partial charge is 0.306 e. The van der Waals surface area contributed by atoms with Gasteiger partial charge in [-0.05, 0) is 62.2 Å². The minimum absolute atomic E-state index is 0.0203. The Morgan fingerprint density at radius 1 is 0.839 bits per heavy atom. The quantitative estimate of drug-likeness (QED) is 0.467. The maximum atomic E-state index is 12.5. The number of hydrogen-bond acceptors (Lipinski definition) is 5. The summed E-state index contributed by atoms with van der Waals surface area (Å²) in [6, 6.07) is 11.8. The van der Waals surface area contributed by atoms with Crippen LogP contribution in [0.15, 0.2) is 42.5 Å². The first-order valence-electron chi connectivity index (χ1n) is 10.3. The van der Waals surface area contributed by atoms with Crippen LogP contribution in [0.3, 0.4) is 0 Å². The molecule has 0 aromatic heterocycles. The van der Waals surface area contributed by atoms with E-state index in [-0.39, 0.29) is 36.2 Å². The molecule has 31 heavy (non-hydrogen) atoms. The van der Waals surface area contributed by atoms with Gasteiger partial charge >= 0.3 is 5.97 Å². The number of nitrogens with one attached hydrogen (secondary N) is 1. The zero-order valence-corrected chi connectivity index (χ0v) is 18.7. The van der Waals surface area contributed by atoms with Crippen LogP contribution >= 0.6 is 0 Å². The van der Waals surface area contributed by atoms with Crippen LogP contribution in [0.4, 0.5) is 5.69 Å².